The van der Waals surface area contributed by atoms with E-state index in [2.05, 4.69) is 20.6 Å². The van der Waals surface area contributed by atoms with Crippen molar-refractivity contribution in [3.63, 3.8) is 0 Å². The largest absolute Gasteiger partial charge is 0.396 e. The van der Waals surface area contributed by atoms with Crippen LogP contribution in [0.15, 0.2) is 18.3 Å². The number of hydrogen-bond donors (Lipinski definition) is 3. The topological polar surface area (TPSA) is 105 Å². The van der Waals surface area contributed by atoms with Gasteiger partial charge in [-0.15, -0.1) is 11.3 Å². The summed E-state index contributed by atoms with van der Waals surface area (Å²) in [5.41, 5.74) is 8.03. The Labute approximate surface area is 199 Å². The van der Waals surface area contributed by atoms with Crippen molar-refractivity contribution < 1.29 is 18.3 Å². The van der Waals surface area contributed by atoms with Gasteiger partial charge < -0.3 is 26.0 Å². The number of anilines is 2. The Morgan fingerprint density at radius 1 is 1.32 bits per heavy atom. The van der Waals surface area contributed by atoms with Crippen molar-refractivity contribution in [2.45, 2.75) is 32.0 Å². The van der Waals surface area contributed by atoms with Crippen LogP contribution < -0.4 is 21.3 Å². The van der Waals surface area contributed by atoms with Crippen LogP contribution >= 0.6 is 11.3 Å². The van der Waals surface area contributed by atoms with Gasteiger partial charge in [-0.2, -0.15) is 0 Å². The van der Waals surface area contributed by atoms with E-state index in [1.807, 2.05) is 11.8 Å². The Balaban J connectivity index is 1.28. The Morgan fingerprint density at radius 2 is 2.06 bits per heavy atom. The molecule has 0 saturated carbocycles. The number of thiophene rings is 1. The zero-order valence-electron chi connectivity index (χ0n) is 18.9. The number of nitrogens with one attached hydrogen (secondary N) is 2. The number of rotatable bonds is 5. The number of nitrogens with zero attached hydrogens (tertiary/aromatic N) is 3. The number of amides is 1. The van der Waals surface area contributed by atoms with E-state index in [0.717, 1.165) is 17.0 Å². The Morgan fingerprint density at radius 3 is 2.79 bits per heavy atom. The first-order valence-electron chi connectivity index (χ1n) is 11.2. The van der Waals surface area contributed by atoms with E-state index < -0.39 is 23.5 Å². The molecule has 2 saturated heterocycles. The van der Waals surface area contributed by atoms with Crippen molar-refractivity contribution in [2.75, 3.05) is 43.4 Å². The second-order valence-electron chi connectivity index (χ2n) is 8.89. The Kier molecular flexibility index (Phi) is 6.09. The van der Waals surface area contributed by atoms with Crippen LogP contribution in [-0.2, 0) is 4.74 Å². The molecule has 2 bridgehead atoms. The summed E-state index contributed by atoms with van der Waals surface area (Å²) in [6, 6.07) is 2.48. The highest BCUT2D eigenvalue weighted by atomic mass is 32.1. The molecule has 1 aromatic carbocycles. The molecule has 0 spiro atoms. The van der Waals surface area contributed by atoms with Crippen molar-refractivity contribution in [1.29, 1.82) is 0 Å². The van der Waals surface area contributed by atoms with Crippen LogP contribution in [0, 0.1) is 18.6 Å². The van der Waals surface area contributed by atoms with Gasteiger partial charge in [0.1, 0.15) is 26.9 Å². The first kappa shape index (κ1) is 22.9. The van der Waals surface area contributed by atoms with Crippen molar-refractivity contribution in [3.8, 4) is 0 Å². The molecule has 3 aromatic rings. The number of carbonyl (C=O) groups is 1. The molecule has 2 aromatic heterocycles. The van der Waals surface area contributed by atoms with Gasteiger partial charge in [-0.05, 0) is 18.6 Å². The maximum absolute atomic E-state index is 15.0. The molecule has 2 fully saturated rings. The number of fused-ring (bicyclic) bond motifs is 3. The molecule has 2 aliphatic rings. The zero-order chi connectivity index (χ0) is 24.0. The van der Waals surface area contributed by atoms with Crippen LogP contribution in [0.1, 0.15) is 33.8 Å². The Bertz CT molecular complexity index is 1240. The number of ether oxygens (including phenoxy) is 1. The van der Waals surface area contributed by atoms with Crippen LogP contribution in [0.3, 0.4) is 0 Å². The van der Waals surface area contributed by atoms with Gasteiger partial charge in [0.05, 0.1) is 29.3 Å². The highest BCUT2D eigenvalue weighted by Gasteiger charge is 2.32. The molecular formula is C23H26F2N6O2S. The average Bonchev–Trinajstić information content (AvgIpc) is 3.13. The Hall–Kier alpha value is -2.89. The molecule has 180 valence electrons. The van der Waals surface area contributed by atoms with E-state index in [0.29, 0.717) is 41.4 Å². The second kappa shape index (κ2) is 9.05. The maximum Gasteiger partial charge on any atom is 0.263 e. The van der Waals surface area contributed by atoms with E-state index >= 15 is 8.78 Å². The molecule has 0 aliphatic carbocycles. The summed E-state index contributed by atoms with van der Waals surface area (Å²) in [7, 11) is 0. The molecule has 1 amide bonds. The summed E-state index contributed by atoms with van der Waals surface area (Å²) < 4.78 is 35.9. The van der Waals surface area contributed by atoms with E-state index in [9.17, 15) is 4.79 Å². The van der Waals surface area contributed by atoms with Crippen LogP contribution in [0.25, 0.3) is 10.3 Å². The van der Waals surface area contributed by atoms with Crippen LogP contribution in [0.4, 0.5) is 20.2 Å². The van der Waals surface area contributed by atoms with Gasteiger partial charge >= 0.3 is 0 Å². The van der Waals surface area contributed by atoms with Gasteiger partial charge in [0.2, 0.25) is 0 Å². The fourth-order valence-electron chi connectivity index (χ4n) is 4.50. The number of aromatic nitrogens is 2. The highest BCUT2D eigenvalue weighted by Crippen LogP contribution is 2.32. The van der Waals surface area contributed by atoms with E-state index in [1.54, 1.807) is 13.1 Å². The van der Waals surface area contributed by atoms with Gasteiger partial charge in [-0.1, -0.05) is 6.92 Å². The quantitative estimate of drug-likeness (QED) is 0.507. The van der Waals surface area contributed by atoms with Crippen molar-refractivity contribution >= 4 is 39.0 Å². The summed E-state index contributed by atoms with van der Waals surface area (Å²) >= 11 is 1.16. The maximum atomic E-state index is 15.0. The van der Waals surface area contributed by atoms with Gasteiger partial charge in [-0.25, -0.2) is 18.7 Å². The molecule has 2 aliphatic heterocycles. The predicted octanol–water partition coefficient (Wildman–Crippen LogP) is 2.57. The monoisotopic (exact) mass is 488 g/mol. The third kappa shape index (κ3) is 4.30. The molecule has 0 radical (unpaired) electrons. The van der Waals surface area contributed by atoms with E-state index in [-0.39, 0.29) is 35.7 Å². The normalized spacial score (nSPS) is 21.0. The number of hydrogen-bond acceptors (Lipinski definition) is 8. The van der Waals surface area contributed by atoms with Crippen molar-refractivity contribution in [1.82, 2.24) is 20.6 Å². The first-order chi connectivity index (χ1) is 16.3. The molecule has 34 heavy (non-hydrogen) atoms. The minimum absolute atomic E-state index is 0.0422. The van der Waals surface area contributed by atoms with Crippen molar-refractivity contribution in [3.05, 3.63) is 46.1 Å². The average molecular weight is 489 g/mol. The summed E-state index contributed by atoms with van der Waals surface area (Å²) in [6.07, 6.45) is 1.51. The van der Waals surface area contributed by atoms with Gasteiger partial charge in [0.25, 0.3) is 5.91 Å². The smallest absolute Gasteiger partial charge is 0.263 e. The molecule has 4 N–H and O–H groups in total. The van der Waals surface area contributed by atoms with E-state index in [4.69, 9.17) is 10.5 Å². The van der Waals surface area contributed by atoms with E-state index in [1.165, 1.54) is 12.1 Å². The van der Waals surface area contributed by atoms with Crippen LogP contribution in [0.5, 0.6) is 0 Å². The molecular weight excluding hydrogens is 462 g/mol. The summed E-state index contributed by atoms with van der Waals surface area (Å²) in [5, 5.41) is 6.07. The molecule has 5 rings (SSSR count). The van der Waals surface area contributed by atoms with Crippen molar-refractivity contribution in [2.24, 2.45) is 0 Å². The van der Waals surface area contributed by atoms with Crippen LogP contribution in [0.2, 0.25) is 0 Å². The van der Waals surface area contributed by atoms with Crippen LogP contribution in [-0.4, -0.2) is 60.8 Å². The lowest BCUT2D eigenvalue weighted by Gasteiger charge is -2.43. The molecule has 3 atom stereocenters. The third-order valence-corrected chi connectivity index (χ3v) is 7.34. The number of halogens is 2. The predicted molar refractivity (Wildman–Crippen MR) is 127 cm³/mol. The number of nitrogen functional groups attached to an aromatic ring is 1. The molecule has 4 heterocycles. The molecule has 11 heteroatoms. The fraction of sp³-hybridized carbons (Fsp3) is 0.435. The summed E-state index contributed by atoms with van der Waals surface area (Å²) in [5.74, 6) is -1.82. The number of benzene rings is 1. The number of carbonyl (C=O) groups excluding carboxylic acids is 1. The highest BCUT2D eigenvalue weighted by molar-refractivity contribution is 7.21. The minimum Gasteiger partial charge on any atom is -0.396 e. The lowest BCUT2D eigenvalue weighted by Crippen LogP contribution is -2.58. The van der Waals surface area contributed by atoms with Gasteiger partial charge in [0, 0.05) is 50.9 Å². The number of morpholine rings is 2. The first-order valence-corrected chi connectivity index (χ1v) is 12.0. The number of nitrogens with two attached hydrogens (primary N) is 1. The lowest BCUT2D eigenvalue weighted by atomic mass is 9.99. The van der Waals surface area contributed by atoms with Gasteiger partial charge in [-0.3, -0.25) is 4.79 Å². The van der Waals surface area contributed by atoms with Gasteiger partial charge in [0.15, 0.2) is 0 Å². The minimum atomic E-state index is -0.502. The lowest BCUT2D eigenvalue weighted by molar-refractivity contribution is -0.0485. The summed E-state index contributed by atoms with van der Waals surface area (Å²) in [4.78, 5) is 24.1. The molecule has 8 nitrogen and oxygen atoms in total. The third-order valence-electron chi connectivity index (χ3n) is 6.25. The standard InChI is InChI=1S/C23H26F2N6O2S/c1-11(5-29-22(32)21-19(26)20-23(34-21)30-12(2)6-28-20)15-3-17(25)18(4-16(15)24)31-9-13-7-27-8-14(10-31)33-13/h3-4,6,11,13-14,27H,5,7-10,26H2,1-2H3,(H,29,32)/t11-,13?,14?/m1/s1. The zero-order valence-corrected chi connectivity index (χ0v) is 19.7. The number of aryl methyl sites for hydroxylation is 1. The fourth-order valence-corrected chi connectivity index (χ4v) is 5.51. The molecule has 2 unspecified atom stereocenters. The SMILES string of the molecule is Cc1cnc2c(N)c(C(=O)NC[C@@H](C)c3cc(F)c(N4CC5CNCC(C4)O5)cc3F)sc2n1. The summed E-state index contributed by atoms with van der Waals surface area (Å²) in [6.45, 7) is 6.07. The second-order valence-corrected chi connectivity index (χ2v) is 9.89.